The first-order valence-corrected chi connectivity index (χ1v) is 9.00. The molecule has 2 aromatic rings. The Labute approximate surface area is 124 Å². The van der Waals surface area contributed by atoms with Crippen LogP contribution in [0.15, 0.2) is 0 Å². The van der Waals surface area contributed by atoms with Crippen molar-refractivity contribution in [3.05, 3.63) is 5.69 Å². The van der Waals surface area contributed by atoms with E-state index in [0.29, 0.717) is 12.4 Å². The average molecular weight is 311 g/mol. The fourth-order valence-electron chi connectivity index (χ4n) is 3.30. The highest BCUT2D eigenvalue weighted by atomic mass is 32.2. The van der Waals surface area contributed by atoms with Crippen molar-refractivity contribution in [3.8, 4) is 0 Å². The van der Waals surface area contributed by atoms with E-state index in [1.54, 1.807) is 4.68 Å². The molecule has 0 spiro atoms. The zero-order valence-electron chi connectivity index (χ0n) is 12.6. The van der Waals surface area contributed by atoms with Crippen LogP contribution in [0.3, 0.4) is 0 Å². The van der Waals surface area contributed by atoms with Crippen LogP contribution in [-0.2, 0) is 28.8 Å². The molecule has 2 N–H and O–H groups in total. The van der Waals surface area contributed by atoms with Crippen molar-refractivity contribution in [2.75, 3.05) is 17.2 Å². The average Bonchev–Trinajstić information content (AvgIpc) is 2.95. The summed E-state index contributed by atoms with van der Waals surface area (Å²) in [5.74, 6) is 0.668. The molecule has 0 bridgehead atoms. The monoisotopic (exact) mass is 311 g/mol. The van der Waals surface area contributed by atoms with Crippen LogP contribution in [0.5, 0.6) is 0 Å². The zero-order chi connectivity index (χ0) is 15.4. The van der Waals surface area contributed by atoms with E-state index in [9.17, 15) is 8.42 Å². The molecule has 0 saturated carbocycles. The molecular formula is C13H21N5O2S. The van der Waals surface area contributed by atoms with Crippen molar-refractivity contribution >= 4 is 26.9 Å². The maximum atomic E-state index is 11.9. The number of rotatable bonds is 3. The highest BCUT2D eigenvalue weighted by Gasteiger charge is 2.42. The van der Waals surface area contributed by atoms with E-state index >= 15 is 0 Å². The minimum absolute atomic E-state index is 0.101. The third-order valence-corrected chi connectivity index (χ3v) is 6.13. The van der Waals surface area contributed by atoms with Gasteiger partial charge in [-0.3, -0.25) is 9.25 Å². The van der Waals surface area contributed by atoms with Gasteiger partial charge in [0.1, 0.15) is 5.52 Å². The number of aryl methyl sites for hydroxylation is 2. The molecule has 0 amide bonds. The number of anilines is 1. The van der Waals surface area contributed by atoms with Gasteiger partial charge in [-0.05, 0) is 19.8 Å². The molecule has 1 aliphatic rings. The van der Waals surface area contributed by atoms with Gasteiger partial charge >= 0.3 is 0 Å². The second-order valence-electron chi connectivity index (χ2n) is 6.14. The van der Waals surface area contributed by atoms with Gasteiger partial charge in [0.2, 0.25) is 5.95 Å². The maximum Gasteiger partial charge on any atom is 0.203 e. The number of sulfone groups is 1. The SMILES string of the molecule is CCCc1nn(C)c2c1nc(N)n2C1(C)CCS(=O)(=O)C1. The minimum Gasteiger partial charge on any atom is -0.369 e. The van der Waals surface area contributed by atoms with Crippen LogP contribution in [0, 0.1) is 0 Å². The number of nitrogen functional groups attached to an aromatic ring is 1. The van der Waals surface area contributed by atoms with Crippen LogP contribution in [-0.4, -0.2) is 39.3 Å². The van der Waals surface area contributed by atoms with E-state index < -0.39 is 15.4 Å². The standard InChI is InChI=1S/C13H21N5O2S/c1-4-5-9-10-11(17(3)16-9)18(12(14)15-10)13(2)6-7-21(19,20)8-13/h4-8H2,1-3H3,(H2,14,15). The summed E-state index contributed by atoms with van der Waals surface area (Å²) in [7, 11) is -1.16. The lowest BCUT2D eigenvalue weighted by atomic mass is 10.0. The van der Waals surface area contributed by atoms with E-state index in [4.69, 9.17) is 5.73 Å². The molecule has 0 aliphatic carbocycles. The Kier molecular flexibility index (Phi) is 3.05. The lowest BCUT2D eigenvalue weighted by Crippen LogP contribution is -2.33. The van der Waals surface area contributed by atoms with Crippen LogP contribution in [0.4, 0.5) is 5.95 Å². The van der Waals surface area contributed by atoms with E-state index in [-0.39, 0.29) is 11.5 Å². The fraction of sp³-hybridized carbons (Fsp3) is 0.692. The highest BCUT2D eigenvalue weighted by molar-refractivity contribution is 7.91. The minimum atomic E-state index is -3.02. The Bertz CT molecular complexity index is 804. The van der Waals surface area contributed by atoms with Crippen molar-refractivity contribution in [2.45, 2.75) is 38.6 Å². The first kappa shape index (κ1) is 14.4. The van der Waals surface area contributed by atoms with Gasteiger partial charge in [-0.1, -0.05) is 13.3 Å². The molecule has 2 aromatic heterocycles. The van der Waals surface area contributed by atoms with Crippen LogP contribution in [0.1, 0.15) is 32.4 Å². The van der Waals surface area contributed by atoms with Crippen LogP contribution < -0.4 is 5.73 Å². The van der Waals surface area contributed by atoms with Gasteiger partial charge in [0, 0.05) is 7.05 Å². The van der Waals surface area contributed by atoms with Gasteiger partial charge < -0.3 is 5.73 Å². The third-order valence-electron chi connectivity index (χ3n) is 4.24. The molecule has 8 heteroatoms. The smallest absolute Gasteiger partial charge is 0.203 e. The summed E-state index contributed by atoms with van der Waals surface area (Å²) >= 11 is 0. The molecule has 1 saturated heterocycles. The molecule has 0 aromatic carbocycles. The number of nitrogens with two attached hydrogens (primary N) is 1. The Balaban J connectivity index is 2.22. The Morgan fingerprint density at radius 3 is 2.71 bits per heavy atom. The van der Waals surface area contributed by atoms with Crippen molar-refractivity contribution in [2.24, 2.45) is 7.05 Å². The van der Waals surface area contributed by atoms with Gasteiger partial charge in [0.05, 0.1) is 22.7 Å². The first-order valence-electron chi connectivity index (χ1n) is 7.18. The van der Waals surface area contributed by atoms with Crippen molar-refractivity contribution in [1.29, 1.82) is 0 Å². The zero-order valence-corrected chi connectivity index (χ0v) is 13.4. The van der Waals surface area contributed by atoms with E-state index in [0.717, 1.165) is 29.7 Å². The van der Waals surface area contributed by atoms with E-state index in [2.05, 4.69) is 17.0 Å². The normalized spacial score (nSPS) is 24.9. The predicted molar refractivity (Wildman–Crippen MR) is 81.8 cm³/mol. The molecule has 116 valence electrons. The quantitative estimate of drug-likeness (QED) is 0.906. The summed E-state index contributed by atoms with van der Waals surface area (Å²) in [5, 5.41) is 4.51. The summed E-state index contributed by atoms with van der Waals surface area (Å²) < 4.78 is 27.4. The lowest BCUT2D eigenvalue weighted by molar-refractivity contribution is 0.376. The summed E-state index contributed by atoms with van der Waals surface area (Å²) in [6, 6.07) is 0. The van der Waals surface area contributed by atoms with Gasteiger partial charge in [0.15, 0.2) is 15.5 Å². The number of imidazole rings is 1. The number of fused-ring (bicyclic) bond motifs is 1. The molecular weight excluding hydrogens is 290 g/mol. The number of aromatic nitrogens is 4. The summed E-state index contributed by atoms with van der Waals surface area (Å²) in [4.78, 5) is 4.45. The molecule has 1 fully saturated rings. The molecule has 1 aliphatic heterocycles. The van der Waals surface area contributed by atoms with Crippen molar-refractivity contribution in [3.63, 3.8) is 0 Å². The Morgan fingerprint density at radius 2 is 2.14 bits per heavy atom. The molecule has 0 radical (unpaired) electrons. The highest BCUT2D eigenvalue weighted by Crippen LogP contribution is 2.36. The summed E-state index contributed by atoms with van der Waals surface area (Å²) in [6.45, 7) is 4.02. The first-order chi connectivity index (χ1) is 9.77. The second kappa shape index (κ2) is 4.46. The lowest BCUT2D eigenvalue weighted by Gasteiger charge is -2.26. The topological polar surface area (TPSA) is 95.8 Å². The van der Waals surface area contributed by atoms with Gasteiger partial charge in [0.25, 0.3) is 0 Å². The maximum absolute atomic E-state index is 11.9. The third kappa shape index (κ3) is 2.12. The van der Waals surface area contributed by atoms with E-state index in [1.807, 2.05) is 18.5 Å². The Morgan fingerprint density at radius 1 is 1.43 bits per heavy atom. The Hall–Kier alpha value is -1.57. The fourth-order valence-corrected chi connectivity index (χ4v) is 5.42. The molecule has 1 unspecified atom stereocenters. The van der Waals surface area contributed by atoms with Crippen LogP contribution >= 0.6 is 0 Å². The van der Waals surface area contributed by atoms with Crippen molar-refractivity contribution in [1.82, 2.24) is 19.3 Å². The van der Waals surface area contributed by atoms with Gasteiger partial charge in [-0.25, -0.2) is 13.4 Å². The molecule has 7 nitrogen and oxygen atoms in total. The number of hydrogen-bond acceptors (Lipinski definition) is 5. The van der Waals surface area contributed by atoms with Crippen LogP contribution in [0.2, 0.25) is 0 Å². The largest absolute Gasteiger partial charge is 0.369 e. The van der Waals surface area contributed by atoms with Gasteiger partial charge in [-0.15, -0.1) is 0 Å². The number of hydrogen-bond donors (Lipinski definition) is 1. The molecule has 3 rings (SSSR count). The molecule has 1 atom stereocenters. The summed E-state index contributed by atoms with van der Waals surface area (Å²) in [6.07, 6.45) is 2.37. The molecule has 21 heavy (non-hydrogen) atoms. The van der Waals surface area contributed by atoms with Crippen LogP contribution in [0.25, 0.3) is 11.2 Å². The summed E-state index contributed by atoms with van der Waals surface area (Å²) in [5.41, 5.74) is 8.08. The van der Waals surface area contributed by atoms with Gasteiger partial charge in [-0.2, -0.15) is 5.10 Å². The molecule has 3 heterocycles. The second-order valence-corrected chi connectivity index (χ2v) is 8.32. The van der Waals surface area contributed by atoms with E-state index in [1.165, 1.54) is 0 Å². The van der Waals surface area contributed by atoms with Crippen molar-refractivity contribution < 1.29 is 8.42 Å². The predicted octanol–water partition coefficient (Wildman–Crippen LogP) is 0.838. The number of nitrogens with zero attached hydrogens (tertiary/aromatic N) is 4.